The zero-order valence-corrected chi connectivity index (χ0v) is 15.9. The average molecular weight is 365 g/mol. The molecule has 0 aliphatic carbocycles. The highest BCUT2D eigenvalue weighted by Gasteiger charge is 2.09. The normalized spacial score (nSPS) is 10.4. The van der Waals surface area contributed by atoms with E-state index in [2.05, 4.69) is 41.3 Å². The monoisotopic (exact) mass is 364 g/mol. The van der Waals surface area contributed by atoms with Crippen molar-refractivity contribution in [2.75, 3.05) is 33.4 Å². The van der Waals surface area contributed by atoms with Gasteiger partial charge in [0.15, 0.2) is 11.5 Å². The zero-order valence-electron chi connectivity index (χ0n) is 15.1. The molecule has 0 radical (unpaired) electrons. The third-order valence-electron chi connectivity index (χ3n) is 3.94. The predicted molar refractivity (Wildman–Crippen MR) is 106 cm³/mol. The van der Waals surface area contributed by atoms with Crippen LogP contribution in [-0.4, -0.2) is 38.3 Å². The Morgan fingerprint density at radius 2 is 1.72 bits per heavy atom. The van der Waals surface area contributed by atoms with Crippen LogP contribution in [0.4, 0.5) is 0 Å². The second kappa shape index (κ2) is 11.7. The Hall–Kier alpha value is -1.75. The van der Waals surface area contributed by atoms with Gasteiger partial charge in [-0.1, -0.05) is 36.4 Å². The van der Waals surface area contributed by atoms with Crippen molar-refractivity contribution in [3.05, 3.63) is 59.7 Å². The van der Waals surface area contributed by atoms with E-state index in [1.807, 2.05) is 19.1 Å². The summed E-state index contributed by atoms with van der Waals surface area (Å²) in [6, 6.07) is 16.7. The Bertz CT molecular complexity index is 608. The molecule has 0 aliphatic heterocycles. The van der Waals surface area contributed by atoms with Gasteiger partial charge in [-0.05, 0) is 36.6 Å². The fourth-order valence-corrected chi connectivity index (χ4v) is 2.73. The predicted octanol–water partition coefficient (Wildman–Crippen LogP) is 3.52. The van der Waals surface area contributed by atoms with Crippen LogP contribution >= 0.6 is 12.4 Å². The van der Waals surface area contributed by atoms with E-state index >= 15 is 0 Å². The fraction of sp³-hybridized carbons (Fsp3) is 0.400. The number of rotatable bonds is 10. The highest BCUT2D eigenvalue weighted by atomic mass is 35.5. The van der Waals surface area contributed by atoms with E-state index in [-0.39, 0.29) is 12.4 Å². The summed E-state index contributed by atoms with van der Waals surface area (Å²) < 4.78 is 11.0. The van der Waals surface area contributed by atoms with Crippen molar-refractivity contribution >= 4 is 12.4 Å². The van der Waals surface area contributed by atoms with Crippen LogP contribution in [0.1, 0.15) is 18.1 Å². The first kappa shape index (κ1) is 21.3. The Balaban J connectivity index is 0.00000312. The summed E-state index contributed by atoms with van der Waals surface area (Å²) in [4.78, 5) is 2.38. The molecule has 5 heteroatoms. The Morgan fingerprint density at radius 3 is 2.36 bits per heavy atom. The quantitative estimate of drug-likeness (QED) is 0.700. The summed E-state index contributed by atoms with van der Waals surface area (Å²) in [5.74, 6) is 1.57. The van der Waals surface area contributed by atoms with Crippen LogP contribution in [0.15, 0.2) is 48.5 Å². The van der Waals surface area contributed by atoms with Gasteiger partial charge in [-0.25, -0.2) is 0 Å². The third kappa shape index (κ3) is 6.94. The standard InChI is InChI=1S/C20H28N2O2.ClH/c1-3-24-19-10-9-18(15-20(19)23-2)16-22(14-12-21)13-11-17-7-5-4-6-8-17;/h4-10,15H,3,11-14,16,21H2,1-2H3;1H. The molecular weight excluding hydrogens is 336 g/mol. The summed E-state index contributed by atoms with van der Waals surface area (Å²) in [7, 11) is 1.68. The van der Waals surface area contributed by atoms with Crippen molar-refractivity contribution in [3.63, 3.8) is 0 Å². The van der Waals surface area contributed by atoms with E-state index in [1.165, 1.54) is 11.1 Å². The first-order valence-corrected chi connectivity index (χ1v) is 8.53. The molecule has 0 atom stereocenters. The molecule has 0 heterocycles. The summed E-state index contributed by atoms with van der Waals surface area (Å²) in [6.07, 6.45) is 1.02. The van der Waals surface area contributed by atoms with Crippen LogP contribution in [0, 0.1) is 0 Å². The smallest absolute Gasteiger partial charge is 0.161 e. The van der Waals surface area contributed by atoms with Crippen LogP contribution in [0.5, 0.6) is 11.5 Å². The second-order valence-electron chi connectivity index (χ2n) is 5.72. The summed E-state index contributed by atoms with van der Waals surface area (Å²) >= 11 is 0. The van der Waals surface area contributed by atoms with E-state index in [1.54, 1.807) is 7.11 Å². The molecule has 0 bridgehead atoms. The SMILES string of the molecule is CCOc1ccc(CN(CCN)CCc2ccccc2)cc1OC.Cl. The molecule has 0 saturated heterocycles. The number of ether oxygens (including phenoxy) is 2. The van der Waals surface area contributed by atoms with Crippen molar-refractivity contribution in [1.82, 2.24) is 4.90 Å². The second-order valence-corrected chi connectivity index (χ2v) is 5.72. The minimum atomic E-state index is 0. The first-order chi connectivity index (χ1) is 11.8. The molecule has 2 N–H and O–H groups in total. The van der Waals surface area contributed by atoms with E-state index < -0.39 is 0 Å². The summed E-state index contributed by atoms with van der Waals surface area (Å²) in [5, 5.41) is 0. The van der Waals surface area contributed by atoms with Crippen molar-refractivity contribution in [1.29, 1.82) is 0 Å². The number of benzene rings is 2. The van der Waals surface area contributed by atoms with Gasteiger partial charge in [0.2, 0.25) is 0 Å². The lowest BCUT2D eigenvalue weighted by Crippen LogP contribution is -2.31. The molecule has 0 saturated carbocycles. The molecule has 0 aromatic heterocycles. The van der Waals surface area contributed by atoms with Gasteiger partial charge in [0, 0.05) is 26.2 Å². The number of nitrogens with two attached hydrogens (primary N) is 1. The molecule has 0 aliphatic rings. The van der Waals surface area contributed by atoms with Gasteiger partial charge in [-0.2, -0.15) is 0 Å². The third-order valence-corrected chi connectivity index (χ3v) is 3.94. The van der Waals surface area contributed by atoms with Gasteiger partial charge in [0.1, 0.15) is 0 Å². The molecule has 25 heavy (non-hydrogen) atoms. The maximum absolute atomic E-state index is 5.79. The van der Waals surface area contributed by atoms with Crippen molar-refractivity contribution in [3.8, 4) is 11.5 Å². The lowest BCUT2D eigenvalue weighted by atomic mass is 10.1. The van der Waals surface area contributed by atoms with Gasteiger partial charge in [0.25, 0.3) is 0 Å². The summed E-state index contributed by atoms with van der Waals surface area (Å²) in [5.41, 5.74) is 8.34. The molecule has 0 spiro atoms. The van der Waals surface area contributed by atoms with Gasteiger partial charge in [0.05, 0.1) is 13.7 Å². The number of hydrogen-bond acceptors (Lipinski definition) is 4. The topological polar surface area (TPSA) is 47.7 Å². The molecule has 0 unspecified atom stereocenters. The highest BCUT2D eigenvalue weighted by Crippen LogP contribution is 2.28. The molecule has 4 nitrogen and oxygen atoms in total. The van der Waals surface area contributed by atoms with Crippen molar-refractivity contribution in [2.45, 2.75) is 19.9 Å². The highest BCUT2D eigenvalue weighted by molar-refractivity contribution is 5.85. The number of nitrogens with zero attached hydrogens (tertiary/aromatic N) is 1. The Kier molecular flexibility index (Phi) is 10.0. The molecule has 0 amide bonds. The van der Waals surface area contributed by atoms with Gasteiger partial charge >= 0.3 is 0 Å². The van der Waals surface area contributed by atoms with E-state index in [0.29, 0.717) is 13.2 Å². The van der Waals surface area contributed by atoms with E-state index in [9.17, 15) is 0 Å². The molecule has 2 aromatic carbocycles. The van der Waals surface area contributed by atoms with Crippen molar-refractivity contribution < 1.29 is 9.47 Å². The average Bonchev–Trinajstić information content (AvgIpc) is 2.62. The van der Waals surface area contributed by atoms with Crippen LogP contribution in [0.3, 0.4) is 0 Å². The molecule has 0 fully saturated rings. The van der Waals surface area contributed by atoms with E-state index in [0.717, 1.165) is 37.6 Å². The Labute approximate surface area is 157 Å². The van der Waals surface area contributed by atoms with Crippen LogP contribution in [0.2, 0.25) is 0 Å². The Morgan fingerprint density at radius 1 is 0.960 bits per heavy atom. The number of methoxy groups -OCH3 is 1. The van der Waals surface area contributed by atoms with Gasteiger partial charge < -0.3 is 15.2 Å². The largest absolute Gasteiger partial charge is 0.493 e. The van der Waals surface area contributed by atoms with E-state index in [4.69, 9.17) is 15.2 Å². The molecule has 2 rings (SSSR count). The maximum Gasteiger partial charge on any atom is 0.161 e. The number of halogens is 1. The fourth-order valence-electron chi connectivity index (χ4n) is 2.73. The van der Waals surface area contributed by atoms with Gasteiger partial charge in [-0.3, -0.25) is 4.90 Å². The van der Waals surface area contributed by atoms with Crippen molar-refractivity contribution in [2.24, 2.45) is 5.73 Å². The lowest BCUT2D eigenvalue weighted by molar-refractivity contribution is 0.274. The number of hydrogen-bond donors (Lipinski definition) is 1. The zero-order chi connectivity index (χ0) is 17.2. The van der Waals surface area contributed by atoms with Crippen LogP contribution in [0.25, 0.3) is 0 Å². The lowest BCUT2D eigenvalue weighted by Gasteiger charge is -2.22. The maximum atomic E-state index is 5.79. The minimum Gasteiger partial charge on any atom is -0.493 e. The molecular formula is C20H29ClN2O2. The summed E-state index contributed by atoms with van der Waals surface area (Å²) in [6.45, 7) is 5.97. The first-order valence-electron chi connectivity index (χ1n) is 8.53. The molecule has 2 aromatic rings. The minimum absolute atomic E-state index is 0. The van der Waals surface area contributed by atoms with Crippen LogP contribution in [-0.2, 0) is 13.0 Å². The molecule has 138 valence electrons. The van der Waals surface area contributed by atoms with Crippen LogP contribution < -0.4 is 15.2 Å². The van der Waals surface area contributed by atoms with Gasteiger partial charge in [-0.15, -0.1) is 12.4 Å².